The number of nitrogens with zero attached hydrogens (tertiary/aromatic N) is 2. The Morgan fingerprint density at radius 2 is 1.56 bits per heavy atom. The van der Waals surface area contributed by atoms with Gasteiger partial charge in [-0.1, -0.05) is 13.3 Å². The third-order valence-electron chi connectivity index (χ3n) is 4.62. The van der Waals surface area contributed by atoms with Crippen molar-refractivity contribution in [2.24, 2.45) is 5.73 Å². The van der Waals surface area contributed by atoms with Crippen LogP contribution >= 0.6 is 0 Å². The number of primary amides is 1. The van der Waals surface area contributed by atoms with Gasteiger partial charge in [0.25, 0.3) is 5.91 Å². The standard InChI is InChI=1S/C12H24N3O/c1-2-3-4-14-5-8-15(9-6-14,10-7-14)11-12(13)16/h2-11H2,1H3,(H-,13,16)/q+1/p+1. The largest absolute Gasteiger partial charge is 0.365 e. The molecular formula is C12H25N3O+2. The zero-order chi connectivity index (χ0) is 11.6. The number of hydrogen-bond acceptors (Lipinski definition) is 1. The Labute approximate surface area is 98.2 Å². The molecule has 0 spiro atoms. The van der Waals surface area contributed by atoms with Gasteiger partial charge in [-0.05, 0) is 6.42 Å². The summed E-state index contributed by atoms with van der Waals surface area (Å²) in [5.74, 6) is -0.129. The smallest absolute Gasteiger partial charge is 0.272 e. The molecule has 4 nitrogen and oxygen atoms in total. The van der Waals surface area contributed by atoms with Crippen molar-refractivity contribution in [3.8, 4) is 0 Å². The molecule has 0 radical (unpaired) electrons. The molecule has 3 heterocycles. The van der Waals surface area contributed by atoms with Crippen LogP contribution in [0.3, 0.4) is 0 Å². The van der Waals surface area contributed by atoms with Crippen molar-refractivity contribution in [3.05, 3.63) is 0 Å². The zero-order valence-electron chi connectivity index (χ0n) is 10.5. The molecule has 1 amide bonds. The lowest BCUT2D eigenvalue weighted by molar-refractivity contribution is -1.08. The predicted molar refractivity (Wildman–Crippen MR) is 63.6 cm³/mol. The molecule has 3 aliphatic heterocycles. The summed E-state index contributed by atoms with van der Waals surface area (Å²) >= 11 is 0. The van der Waals surface area contributed by atoms with Crippen molar-refractivity contribution >= 4 is 5.91 Å². The molecule has 4 heteroatoms. The van der Waals surface area contributed by atoms with E-state index in [9.17, 15) is 4.79 Å². The average Bonchev–Trinajstić information content (AvgIpc) is 2.28. The van der Waals surface area contributed by atoms with Crippen molar-refractivity contribution in [1.29, 1.82) is 0 Å². The molecule has 0 aromatic carbocycles. The van der Waals surface area contributed by atoms with Crippen LogP contribution in [0.5, 0.6) is 0 Å². The Morgan fingerprint density at radius 3 is 2.00 bits per heavy atom. The van der Waals surface area contributed by atoms with E-state index in [0.29, 0.717) is 6.54 Å². The van der Waals surface area contributed by atoms with Crippen LogP contribution in [-0.4, -0.2) is 67.2 Å². The molecule has 0 atom stereocenters. The monoisotopic (exact) mass is 227 g/mol. The third kappa shape index (κ3) is 2.23. The summed E-state index contributed by atoms with van der Waals surface area (Å²) in [6.07, 6.45) is 2.64. The van der Waals surface area contributed by atoms with Crippen LogP contribution in [0.1, 0.15) is 19.8 Å². The van der Waals surface area contributed by atoms with Gasteiger partial charge in [0.05, 0.1) is 6.54 Å². The van der Waals surface area contributed by atoms with Gasteiger partial charge in [-0.3, -0.25) is 4.79 Å². The molecular weight excluding hydrogens is 202 g/mol. The molecule has 2 N–H and O–H groups in total. The van der Waals surface area contributed by atoms with Gasteiger partial charge in [0.15, 0.2) is 6.54 Å². The highest BCUT2D eigenvalue weighted by Gasteiger charge is 2.48. The summed E-state index contributed by atoms with van der Waals surface area (Å²) < 4.78 is 2.29. The Hall–Kier alpha value is -0.610. The SMILES string of the molecule is CCCC[N+]12CC[N+](CC(N)=O)(CC1)CC2. The van der Waals surface area contributed by atoms with Crippen LogP contribution in [0.2, 0.25) is 0 Å². The Bertz CT molecular complexity index is 253. The fraction of sp³-hybridized carbons (Fsp3) is 0.917. The Morgan fingerprint density at radius 1 is 1.06 bits per heavy atom. The Balaban J connectivity index is 1.94. The van der Waals surface area contributed by atoms with Crippen LogP contribution < -0.4 is 5.73 Å². The fourth-order valence-electron chi connectivity index (χ4n) is 3.34. The highest BCUT2D eigenvalue weighted by Crippen LogP contribution is 2.26. The van der Waals surface area contributed by atoms with Crippen LogP contribution in [0.4, 0.5) is 0 Å². The maximum atomic E-state index is 11.1. The first-order valence-corrected chi connectivity index (χ1v) is 6.58. The fourth-order valence-corrected chi connectivity index (χ4v) is 3.34. The first-order valence-electron chi connectivity index (χ1n) is 6.58. The molecule has 3 fully saturated rings. The number of unbranched alkanes of at least 4 members (excludes halogenated alkanes) is 1. The van der Waals surface area contributed by atoms with Gasteiger partial charge >= 0.3 is 0 Å². The first-order chi connectivity index (χ1) is 7.60. The highest BCUT2D eigenvalue weighted by atomic mass is 16.1. The van der Waals surface area contributed by atoms with Crippen molar-refractivity contribution in [2.45, 2.75) is 19.8 Å². The van der Waals surface area contributed by atoms with Gasteiger partial charge in [-0.2, -0.15) is 0 Å². The second-order valence-corrected chi connectivity index (χ2v) is 5.73. The lowest BCUT2D eigenvalue weighted by atomic mass is 10.1. The second-order valence-electron chi connectivity index (χ2n) is 5.73. The molecule has 2 bridgehead atoms. The summed E-state index contributed by atoms with van der Waals surface area (Å²) in [5.41, 5.74) is 5.35. The molecule has 3 rings (SSSR count). The predicted octanol–water partition coefficient (Wildman–Crippen LogP) is -0.0674. The molecule has 0 aliphatic carbocycles. The van der Waals surface area contributed by atoms with Crippen LogP contribution in [-0.2, 0) is 4.79 Å². The van der Waals surface area contributed by atoms with E-state index in [4.69, 9.17) is 5.73 Å². The Kier molecular flexibility index (Phi) is 3.22. The summed E-state index contributed by atoms with van der Waals surface area (Å²) in [5, 5.41) is 0. The minimum atomic E-state index is -0.129. The van der Waals surface area contributed by atoms with Gasteiger partial charge in [-0.15, -0.1) is 0 Å². The van der Waals surface area contributed by atoms with Crippen LogP contribution in [0.15, 0.2) is 0 Å². The van der Waals surface area contributed by atoms with Gasteiger partial charge in [0.1, 0.15) is 39.3 Å². The topological polar surface area (TPSA) is 43.1 Å². The minimum absolute atomic E-state index is 0.129. The van der Waals surface area contributed by atoms with Crippen molar-refractivity contribution < 1.29 is 13.8 Å². The number of hydrogen-bond donors (Lipinski definition) is 1. The van der Waals surface area contributed by atoms with E-state index < -0.39 is 0 Å². The van der Waals surface area contributed by atoms with Crippen molar-refractivity contribution in [1.82, 2.24) is 0 Å². The molecule has 92 valence electrons. The molecule has 0 saturated carbocycles. The van der Waals surface area contributed by atoms with E-state index in [1.165, 1.54) is 43.5 Å². The summed E-state index contributed by atoms with van der Waals surface area (Å²) in [4.78, 5) is 11.1. The maximum absolute atomic E-state index is 11.1. The highest BCUT2D eigenvalue weighted by molar-refractivity contribution is 5.74. The molecule has 16 heavy (non-hydrogen) atoms. The van der Waals surface area contributed by atoms with E-state index in [0.717, 1.165) is 24.1 Å². The lowest BCUT2D eigenvalue weighted by Gasteiger charge is -2.55. The number of rotatable bonds is 5. The third-order valence-corrected chi connectivity index (χ3v) is 4.62. The van der Waals surface area contributed by atoms with Gasteiger partial charge < -0.3 is 14.7 Å². The van der Waals surface area contributed by atoms with Gasteiger partial charge in [0, 0.05) is 0 Å². The summed E-state index contributed by atoms with van der Waals surface area (Å²) in [7, 11) is 0. The molecule has 0 aromatic heterocycles. The van der Waals surface area contributed by atoms with E-state index >= 15 is 0 Å². The number of piperazine rings is 3. The second kappa shape index (κ2) is 4.34. The number of amides is 1. The number of carbonyl (C=O) groups is 1. The van der Waals surface area contributed by atoms with E-state index in [1.54, 1.807) is 0 Å². The molecule has 0 aromatic rings. The molecule has 3 aliphatic rings. The number of nitrogens with two attached hydrogens (primary N) is 1. The number of carbonyl (C=O) groups excluding carboxylic acids is 1. The summed E-state index contributed by atoms with van der Waals surface area (Å²) in [6, 6.07) is 0. The zero-order valence-corrected chi connectivity index (χ0v) is 10.5. The van der Waals surface area contributed by atoms with Crippen LogP contribution in [0, 0.1) is 0 Å². The van der Waals surface area contributed by atoms with Crippen molar-refractivity contribution in [2.75, 3.05) is 52.4 Å². The average molecular weight is 227 g/mol. The van der Waals surface area contributed by atoms with Gasteiger partial charge in [0.2, 0.25) is 0 Å². The maximum Gasteiger partial charge on any atom is 0.272 e. The minimum Gasteiger partial charge on any atom is -0.365 e. The molecule has 3 saturated heterocycles. The van der Waals surface area contributed by atoms with E-state index in [1.807, 2.05) is 0 Å². The van der Waals surface area contributed by atoms with Crippen LogP contribution in [0.25, 0.3) is 0 Å². The quantitative estimate of drug-likeness (QED) is 0.657. The normalized spacial score (nSPS) is 37.6. The van der Waals surface area contributed by atoms with E-state index in [-0.39, 0.29) is 5.91 Å². The number of quaternary nitrogens is 2. The van der Waals surface area contributed by atoms with Gasteiger partial charge in [-0.25, -0.2) is 0 Å². The summed E-state index contributed by atoms with van der Waals surface area (Å²) in [6.45, 7) is 11.4. The first kappa shape index (κ1) is 11.9. The lowest BCUT2D eigenvalue weighted by Crippen LogP contribution is -2.76. The van der Waals surface area contributed by atoms with E-state index in [2.05, 4.69) is 6.92 Å². The molecule has 0 unspecified atom stereocenters. The number of fused-ring (bicyclic) bond motifs is 3. The van der Waals surface area contributed by atoms with Crippen molar-refractivity contribution in [3.63, 3.8) is 0 Å².